The van der Waals surface area contributed by atoms with Crippen molar-refractivity contribution in [2.75, 3.05) is 13.1 Å². The average molecular weight is 291 g/mol. The number of benzene rings is 1. The maximum absolute atomic E-state index is 4.26. The fraction of sp³-hybridized carbons (Fsp3) is 0.263. The summed E-state index contributed by atoms with van der Waals surface area (Å²) in [4.78, 5) is 10.9. The third-order valence-corrected chi connectivity index (χ3v) is 3.86. The molecular formula is C19H21N3. The summed E-state index contributed by atoms with van der Waals surface area (Å²) in [5.74, 6) is 0.829. The van der Waals surface area contributed by atoms with Crippen molar-refractivity contribution in [3.8, 4) is 0 Å². The molecule has 0 saturated carbocycles. The third-order valence-electron chi connectivity index (χ3n) is 3.86. The van der Waals surface area contributed by atoms with Gasteiger partial charge in [-0.3, -0.25) is 4.90 Å². The summed E-state index contributed by atoms with van der Waals surface area (Å²) in [7, 11) is 0. The fourth-order valence-electron chi connectivity index (χ4n) is 2.55. The molecule has 3 heteroatoms. The zero-order valence-corrected chi connectivity index (χ0v) is 12.9. The summed E-state index contributed by atoms with van der Waals surface area (Å²) < 4.78 is 0. The Morgan fingerprint density at radius 2 is 1.86 bits per heavy atom. The Hall–Kier alpha value is -2.26. The molecule has 1 aliphatic heterocycles. The third kappa shape index (κ3) is 4.12. The van der Waals surface area contributed by atoms with E-state index in [1.165, 1.54) is 16.7 Å². The molecule has 1 aliphatic rings. The smallest absolute Gasteiger partial charge is 0.125 e. The predicted octanol–water partition coefficient (Wildman–Crippen LogP) is 3.63. The van der Waals surface area contributed by atoms with Crippen LogP contribution in [0.1, 0.15) is 23.4 Å². The largest absolute Gasteiger partial charge is 0.295 e. The van der Waals surface area contributed by atoms with Crippen LogP contribution in [0.25, 0.3) is 6.08 Å². The Bertz CT molecular complexity index is 657. The summed E-state index contributed by atoms with van der Waals surface area (Å²) >= 11 is 0. The molecule has 0 radical (unpaired) electrons. The molecule has 22 heavy (non-hydrogen) atoms. The van der Waals surface area contributed by atoms with E-state index in [0.717, 1.165) is 31.9 Å². The highest BCUT2D eigenvalue weighted by molar-refractivity contribution is 5.52. The average Bonchev–Trinajstić information content (AvgIpc) is 2.57. The topological polar surface area (TPSA) is 29.0 Å². The van der Waals surface area contributed by atoms with E-state index in [1.807, 2.05) is 25.4 Å². The standard InChI is InChI=1S/C19H21N3/c1-16-20-13-19(14-21-16)15-22-11-9-18(10-12-22)8-7-17-5-3-2-4-6-17/h2-9,13-14H,10-12,15H2,1H3. The highest BCUT2D eigenvalue weighted by atomic mass is 15.1. The number of rotatable bonds is 4. The Morgan fingerprint density at radius 3 is 2.55 bits per heavy atom. The van der Waals surface area contributed by atoms with Crippen molar-refractivity contribution in [3.05, 3.63) is 77.4 Å². The lowest BCUT2D eigenvalue weighted by Gasteiger charge is -2.25. The first-order valence-electron chi connectivity index (χ1n) is 7.72. The molecule has 2 aromatic rings. The van der Waals surface area contributed by atoms with Gasteiger partial charge in [0.2, 0.25) is 0 Å². The number of hydrogen-bond acceptors (Lipinski definition) is 3. The van der Waals surface area contributed by atoms with Crippen molar-refractivity contribution < 1.29 is 0 Å². The number of aryl methyl sites for hydroxylation is 1. The van der Waals surface area contributed by atoms with Gasteiger partial charge >= 0.3 is 0 Å². The quantitative estimate of drug-likeness (QED) is 0.861. The molecule has 1 aromatic heterocycles. The van der Waals surface area contributed by atoms with Gasteiger partial charge in [-0.2, -0.15) is 0 Å². The molecular weight excluding hydrogens is 270 g/mol. The minimum absolute atomic E-state index is 0.829. The molecule has 0 amide bonds. The van der Waals surface area contributed by atoms with E-state index in [2.05, 4.69) is 57.4 Å². The summed E-state index contributed by atoms with van der Waals surface area (Å²) in [6.45, 7) is 4.91. The summed E-state index contributed by atoms with van der Waals surface area (Å²) in [5, 5.41) is 0. The zero-order chi connectivity index (χ0) is 15.2. The van der Waals surface area contributed by atoms with Crippen LogP contribution in [0.3, 0.4) is 0 Å². The first-order chi connectivity index (χ1) is 10.8. The molecule has 0 N–H and O–H groups in total. The number of nitrogens with zero attached hydrogens (tertiary/aromatic N) is 3. The van der Waals surface area contributed by atoms with E-state index in [9.17, 15) is 0 Å². The second-order valence-electron chi connectivity index (χ2n) is 5.65. The lowest BCUT2D eigenvalue weighted by atomic mass is 10.1. The van der Waals surface area contributed by atoms with E-state index in [-0.39, 0.29) is 0 Å². The van der Waals surface area contributed by atoms with Gasteiger partial charge in [0.1, 0.15) is 5.82 Å². The summed E-state index contributed by atoms with van der Waals surface area (Å²) in [5.41, 5.74) is 3.85. The van der Waals surface area contributed by atoms with E-state index < -0.39 is 0 Å². The van der Waals surface area contributed by atoms with Crippen LogP contribution < -0.4 is 0 Å². The Labute approximate surface area is 132 Å². The molecule has 0 aliphatic carbocycles. The van der Waals surface area contributed by atoms with Crippen LogP contribution in [0.2, 0.25) is 0 Å². The van der Waals surface area contributed by atoms with Gasteiger partial charge in [-0.25, -0.2) is 9.97 Å². The molecule has 0 atom stereocenters. The van der Waals surface area contributed by atoms with Gasteiger partial charge < -0.3 is 0 Å². The Balaban J connectivity index is 1.55. The zero-order valence-electron chi connectivity index (χ0n) is 12.9. The number of aromatic nitrogens is 2. The molecule has 0 saturated heterocycles. The predicted molar refractivity (Wildman–Crippen MR) is 90.2 cm³/mol. The van der Waals surface area contributed by atoms with Crippen LogP contribution in [0.15, 0.2) is 60.5 Å². The molecule has 0 fully saturated rings. The monoisotopic (exact) mass is 291 g/mol. The van der Waals surface area contributed by atoms with Gasteiger partial charge in [-0.15, -0.1) is 0 Å². The van der Waals surface area contributed by atoms with E-state index in [0.29, 0.717) is 0 Å². The van der Waals surface area contributed by atoms with Gasteiger partial charge in [0.15, 0.2) is 0 Å². The van der Waals surface area contributed by atoms with Crippen molar-refractivity contribution in [2.24, 2.45) is 0 Å². The molecule has 0 bridgehead atoms. The first kappa shape index (κ1) is 14.7. The molecule has 2 heterocycles. The van der Waals surface area contributed by atoms with Crippen LogP contribution in [-0.2, 0) is 6.54 Å². The van der Waals surface area contributed by atoms with Crippen LogP contribution in [-0.4, -0.2) is 28.0 Å². The highest BCUT2D eigenvalue weighted by Crippen LogP contribution is 2.15. The van der Waals surface area contributed by atoms with E-state index >= 15 is 0 Å². The first-order valence-corrected chi connectivity index (χ1v) is 7.72. The van der Waals surface area contributed by atoms with Gasteiger partial charge in [-0.05, 0) is 24.5 Å². The van der Waals surface area contributed by atoms with E-state index in [1.54, 1.807) is 0 Å². The van der Waals surface area contributed by atoms with Gasteiger partial charge in [-0.1, -0.05) is 48.6 Å². The Morgan fingerprint density at radius 1 is 1.09 bits per heavy atom. The van der Waals surface area contributed by atoms with Crippen molar-refractivity contribution in [1.29, 1.82) is 0 Å². The molecule has 3 nitrogen and oxygen atoms in total. The second-order valence-corrected chi connectivity index (χ2v) is 5.65. The fourth-order valence-corrected chi connectivity index (χ4v) is 2.55. The molecule has 112 valence electrons. The Kier molecular flexibility index (Phi) is 4.76. The van der Waals surface area contributed by atoms with Gasteiger partial charge in [0.05, 0.1) is 0 Å². The summed E-state index contributed by atoms with van der Waals surface area (Å²) in [6, 6.07) is 10.4. The van der Waals surface area contributed by atoms with Crippen molar-refractivity contribution in [3.63, 3.8) is 0 Å². The number of allylic oxidation sites excluding steroid dienone is 1. The summed E-state index contributed by atoms with van der Waals surface area (Å²) in [6.07, 6.45) is 11.7. The highest BCUT2D eigenvalue weighted by Gasteiger charge is 2.10. The van der Waals surface area contributed by atoms with Crippen molar-refractivity contribution in [1.82, 2.24) is 14.9 Å². The number of hydrogen-bond donors (Lipinski definition) is 0. The molecule has 0 spiro atoms. The normalized spacial score (nSPS) is 16.0. The molecule has 0 unspecified atom stereocenters. The van der Waals surface area contributed by atoms with Crippen LogP contribution in [0, 0.1) is 6.92 Å². The van der Waals surface area contributed by atoms with Gasteiger partial charge in [0, 0.05) is 37.6 Å². The lowest BCUT2D eigenvalue weighted by Crippen LogP contribution is -2.28. The maximum atomic E-state index is 4.26. The lowest BCUT2D eigenvalue weighted by molar-refractivity contribution is 0.287. The van der Waals surface area contributed by atoms with Gasteiger partial charge in [0.25, 0.3) is 0 Å². The van der Waals surface area contributed by atoms with Crippen LogP contribution >= 0.6 is 0 Å². The second kappa shape index (κ2) is 7.14. The molecule has 3 rings (SSSR count). The minimum atomic E-state index is 0.829. The molecule has 1 aromatic carbocycles. The minimum Gasteiger partial charge on any atom is -0.295 e. The van der Waals surface area contributed by atoms with Crippen LogP contribution in [0.5, 0.6) is 0 Å². The van der Waals surface area contributed by atoms with Crippen LogP contribution in [0.4, 0.5) is 0 Å². The maximum Gasteiger partial charge on any atom is 0.125 e. The SMILES string of the molecule is Cc1ncc(CN2CC=C(C=Cc3ccccc3)CC2)cn1. The van der Waals surface area contributed by atoms with Crippen molar-refractivity contribution in [2.45, 2.75) is 19.9 Å². The van der Waals surface area contributed by atoms with Crippen molar-refractivity contribution >= 4 is 6.08 Å². The van der Waals surface area contributed by atoms with E-state index in [4.69, 9.17) is 0 Å².